The summed E-state index contributed by atoms with van der Waals surface area (Å²) in [4.78, 5) is 12.2. The number of para-hydroxylation sites is 1. The number of benzene rings is 2. The Morgan fingerprint density at radius 2 is 1.96 bits per heavy atom. The van der Waals surface area contributed by atoms with Gasteiger partial charge in [0.05, 0.1) is 19.1 Å². The van der Waals surface area contributed by atoms with E-state index in [0.717, 1.165) is 11.1 Å². The minimum atomic E-state index is -0.206. The first kappa shape index (κ1) is 16.7. The van der Waals surface area contributed by atoms with Crippen molar-refractivity contribution in [3.8, 4) is 17.2 Å². The molecule has 0 spiro atoms. The molecule has 0 saturated heterocycles. The van der Waals surface area contributed by atoms with Crippen molar-refractivity contribution in [2.24, 2.45) is 0 Å². The maximum atomic E-state index is 12.2. The molecule has 0 radical (unpaired) electrons. The highest BCUT2D eigenvalue weighted by Gasteiger charge is 2.15. The summed E-state index contributed by atoms with van der Waals surface area (Å²) in [6.07, 6.45) is 0.248. The van der Waals surface area contributed by atoms with E-state index in [4.69, 9.17) is 9.15 Å². The van der Waals surface area contributed by atoms with Crippen molar-refractivity contribution in [1.82, 2.24) is 10.2 Å². The first-order valence-electron chi connectivity index (χ1n) is 7.89. The third-order valence-corrected chi connectivity index (χ3v) is 3.86. The second kappa shape index (κ2) is 7.17. The van der Waals surface area contributed by atoms with Crippen LogP contribution < -0.4 is 10.1 Å². The molecule has 0 atom stereocenters. The van der Waals surface area contributed by atoms with Crippen molar-refractivity contribution in [3.63, 3.8) is 0 Å². The lowest BCUT2D eigenvalue weighted by molar-refractivity contribution is -0.115. The van der Waals surface area contributed by atoms with Crippen LogP contribution in [0.25, 0.3) is 11.5 Å². The molecule has 1 heterocycles. The Labute approximate surface area is 145 Å². The fourth-order valence-corrected chi connectivity index (χ4v) is 2.58. The van der Waals surface area contributed by atoms with Crippen LogP contribution in [0.2, 0.25) is 0 Å². The number of anilines is 1. The quantitative estimate of drug-likeness (QED) is 0.770. The summed E-state index contributed by atoms with van der Waals surface area (Å²) in [5.74, 6) is 0.709. The molecule has 3 rings (SSSR count). The number of methoxy groups -OCH3 is 1. The Morgan fingerprint density at radius 1 is 1.16 bits per heavy atom. The summed E-state index contributed by atoms with van der Waals surface area (Å²) in [6.45, 7) is 4.01. The highest BCUT2D eigenvalue weighted by Crippen LogP contribution is 2.29. The van der Waals surface area contributed by atoms with Gasteiger partial charge in [-0.1, -0.05) is 41.0 Å². The number of aromatic nitrogens is 2. The number of carbonyl (C=O) groups excluding carboxylic acids is 1. The van der Waals surface area contributed by atoms with E-state index in [1.807, 2.05) is 44.2 Å². The Kier molecular flexibility index (Phi) is 4.79. The van der Waals surface area contributed by atoms with Gasteiger partial charge in [-0.05, 0) is 37.1 Å². The fourth-order valence-electron chi connectivity index (χ4n) is 2.58. The van der Waals surface area contributed by atoms with Crippen LogP contribution in [0.4, 0.5) is 6.01 Å². The molecule has 0 saturated carbocycles. The minimum Gasteiger partial charge on any atom is -0.496 e. The largest absolute Gasteiger partial charge is 0.496 e. The zero-order chi connectivity index (χ0) is 17.8. The van der Waals surface area contributed by atoms with Gasteiger partial charge in [-0.15, -0.1) is 5.10 Å². The van der Waals surface area contributed by atoms with Crippen molar-refractivity contribution >= 4 is 11.9 Å². The number of carbonyl (C=O) groups is 1. The molecule has 6 heteroatoms. The summed E-state index contributed by atoms with van der Waals surface area (Å²) in [5, 5.41) is 10.5. The van der Waals surface area contributed by atoms with E-state index in [-0.39, 0.29) is 18.3 Å². The molecule has 0 fully saturated rings. The van der Waals surface area contributed by atoms with Gasteiger partial charge in [-0.2, -0.15) is 0 Å². The predicted octanol–water partition coefficient (Wildman–Crippen LogP) is 3.54. The standard InChI is InChI=1S/C19H19N3O3/c1-12-8-9-14(13(2)10-12)11-17(23)20-19-22-21-18(25-19)15-6-4-5-7-16(15)24-3/h4-10H,11H2,1-3H3,(H,20,22,23). The van der Waals surface area contributed by atoms with Gasteiger partial charge in [0.2, 0.25) is 5.91 Å². The Hall–Kier alpha value is -3.15. The normalized spacial score (nSPS) is 10.5. The van der Waals surface area contributed by atoms with Crippen LogP contribution in [-0.2, 0) is 11.2 Å². The van der Waals surface area contributed by atoms with Crippen molar-refractivity contribution in [1.29, 1.82) is 0 Å². The lowest BCUT2D eigenvalue weighted by atomic mass is 10.0. The summed E-state index contributed by atoms with van der Waals surface area (Å²) in [7, 11) is 1.57. The van der Waals surface area contributed by atoms with E-state index in [0.29, 0.717) is 17.2 Å². The number of nitrogens with zero attached hydrogens (tertiary/aromatic N) is 2. The molecular weight excluding hydrogens is 318 g/mol. The smallest absolute Gasteiger partial charge is 0.322 e. The van der Waals surface area contributed by atoms with Gasteiger partial charge in [0.1, 0.15) is 5.75 Å². The summed E-state index contributed by atoms with van der Waals surface area (Å²) in [6, 6.07) is 13.4. The van der Waals surface area contributed by atoms with Crippen LogP contribution in [0.1, 0.15) is 16.7 Å². The number of aryl methyl sites for hydroxylation is 2. The van der Waals surface area contributed by atoms with Gasteiger partial charge in [-0.25, -0.2) is 0 Å². The van der Waals surface area contributed by atoms with Crippen molar-refractivity contribution < 1.29 is 13.9 Å². The molecule has 25 heavy (non-hydrogen) atoms. The highest BCUT2D eigenvalue weighted by molar-refractivity contribution is 5.90. The van der Waals surface area contributed by atoms with E-state index in [9.17, 15) is 4.79 Å². The maximum Gasteiger partial charge on any atom is 0.322 e. The molecular formula is C19H19N3O3. The lowest BCUT2D eigenvalue weighted by Gasteiger charge is -2.06. The number of hydrogen-bond donors (Lipinski definition) is 1. The number of ether oxygens (including phenoxy) is 1. The first-order chi connectivity index (χ1) is 12.1. The molecule has 2 aromatic carbocycles. The minimum absolute atomic E-state index is 0.0654. The fraction of sp³-hybridized carbons (Fsp3) is 0.211. The van der Waals surface area contributed by atoms with Crippen LogP contribution in [0.3, 0.4) is 0 Å². The summed E-state index contributed by atoms with van der Waals surface area (Å²) >= 11 is 0. The average molecular weight is 337 g/mol. The number of nitrogens with one attached hydrogen (secondary N) is 1. The number of rotatable bonds is 5. The van der Waals surface area contributed by atoms with Crippen LogP contribution in [0.5, 0.6) is 5.75 Å². The topological polar surface area (TPSA) is 77.3 Å². The third-order valence-electron chi connectivity index (χ3n) is 3.86. The van der Waals surface area contributed by atoms with Gasteiger partial charge >= 0.3 is 6.01 Å². The molecule has 3 aromatic rings. The molecule has 0 aliphatic carbocycles. The Balaban J connectivity index is 1.72. The van der Waals surface area contributed by atoms with Crippen molar-refractivity contribution in [2.45, 2.75) is 20.3 Å². The molecule has 0 aliphatic rings. The van der Waals surface area contributed by atoms with Gasteiger partial charge in [0, 0.05) is 0 Å². The van der Waals surface area contributed by atoms with Crippen LogP contribution in [0.15, 0.2) is 46.9 Å². The van der Waals surface area contributed by atoms with E-state index < -0.39 is 0 Å². The number of hydrogen-bond acceptors (Lipinski definition) is 5. The van der Waals surface area contributed by atoms with Gasteiger partial charge in [0.25, 0.3) is 5.89 Å². The zero-order valence-electron chi connectivity index (χ0n) is 14.4. The van der Waals surface area contributed by atoms with E-state index in [1.54, 1.807) is 13.2 Å². The second-order valence-electron chi connectivity index (χ2n) is 5.77. The molecule has 1 N–H and O–H groups in total. The van der Waals surface area contributed by atoms with Gasteiger partial charge in [-0.3, -0.25) is 10.1 Å². The molecule has 0 bridgehead atoms. The van der Waals surface area contributed by atoms with E-state index >= 15 is 0 Å². The van der Waals surface area contributed by atoms with Gasteiger partial charge in [0.15, 0.2) is 0 Å². The molecule has 1 amide bonds. The molecule has 6 nitrogen and oxygen atoms in total. The van der Waals surface area contributed by atoms with Crippen molar-refractivity contribution in [3.05, 3.63) is 59.2 Å². The number of amides is 1. The average Bonchev–Trinajstić information content (AvgIpc) is 3.05. The Bertz CT molecular complexity index is 902. The van der Waals surface area contributed by atoms with E-state index in [2.05, 4.69) is 21.6 Å². The first-order valence-corrected chi connectivity index (χ1v) is 7.89. The summed E-state index contributed by atoms with van der Waals surface area (Å²) < 4.78 is 10.8. The van der Waals surface area contributed by atoms with Crippen LogP contribution in [0, 0.1) is 13.8 Å². The van der Waals surface area contributed by atoms with Gasteiger partial charge < -0.3 is 9.15 Å². The molecule has 0 aliphatic heterocycles. The van der Waals surface area contributed by atoms with E-state index in [1.165, 1.54) is 5.56 Å². The van der Waals surface area contributed by atoms with Crippen LogP contribution in [-0.4, -0.2) is 23.2 Å². The molecule has 1 aromatic heterocycles. The second-order valence-corrected chi connectivity index (χ2v) is 5.77. The predicted molar refractivity (Wildman–Crippen MR) is 94.5 cm³/mol. The lowest BCUT2D eigenvalue weighted by Crippen LogP contribution is -2.15. The molecule has 0 unspecified atom stereocenters. The maximum absolute atomic E-state index is 12.2. The SMILES string of the molecule is COc1ccccc1-c1nnc(NC(=O)Cc2ccc(C)cc2C)o1. The van der Waals surface area contributed by atoms with Crippen LogP contribution >= 0.6 is 0 Å². The third kappa shape index (κ3) is 3.85. The highest BCUT2D eigenvalue weighted by atomic mass is 16.5. The zero-order valence-corrected chi connectivity index (χ0v) is 14.4. The van der Waals surface area contributed by atoms with Crippen molar-refractivity contribution in [2.75, 3.05) is 12.4 Å². The summed E-state index contributed by atoms with van der Waals surface area (Å²) in [5.41, 5.74) is 3.88. The molecule has 128 valence electrons. The monoisotopic (exact) mass is 337 g/mol. The Morgan fingerprint density at radius 3 is 2.72 bits per heavy atom.